The molecular formula is C10H14O4. The minimum absolute atomic E-state index is 0.0453. The molecule has 0 amide bonds. The lowest BCUT2D eigenvalue weighted by atomic mass is 10.1. The molecule has 1 aromatic rings. The van der Waals surface area contributed by atoms with Crippen molar-refractivity contribution in [3.05, 3.63) is 23.2 Å². The summed E-state index contributed by atoms with van der Waals surface area (Å²) in [4.78, 5) is 10.9. The first kappa shape index (κ1) is 10.8. The zero-order chi connectivity index (χ0) is 10.7. The number of ether oxygens (including phenoxy) is 1. The van der Waals surface area contributed by atoms with Gasteiger partial charge in [0.05, 0.1) is 19.6 Å². The van der Waals surface area contributed by atoms with Gasteiger partial charge in [0.1, 0.15) is 11.5 Å². The van der Waals surface area contributed by atoms with E-state index in [4.69, 9.17) is 4.42 Å². The van der Waals surface area contributed by atoms with E-state index >= 15 is 0 Å². The number of aliphatic hydroxyl groups is 1. The molecule has 14 heavy (non-hydrogen) atoms. The summed E-state index contributed by atoms with van der Waals surface area (Å²) >= 11 is 0. The fourth-order valence-corrected chi connectivity index (χ4v) is 1.33. The van der Waals surface area contributed by atoms with Gasteiger partial charge in [-0.3, -0.25) is 4.79 Å². The van der Waals surface area contributed by atoms with E-state index in [0.29, 0.717) is 11.3 Å². The summed E-state index contributed by atoms with van der Waals surface area (Å²) in [6, 6.07) is 1.73. The number of rotatable bonds is 3. The SMILES string of the molecule is COC(=O)C[C@H](O)c1cc(C)oc1C. The monoisotopic (exact) mass is 198 g/mol. The fraction of sp³-hybridized carbons (Fsp3) is 0.500. The van der Waals surface area contributed by atoms with Crippen molar-refractivity contribution in [2.75, 3.05) is 7.11 Å². The van der Waals surface area contributed by atoms with Crippen molar-refractivity contribution in [2.45, 2.75) is 26.4 Å². The van der Waals surface area contributed by atoms with Gasteiger partial charge in [0.2, 0.25) is 0 Å². The normalized spacial score (nSPS) is 12.6. The Labute approximate surface area is 82.5 Å². The molecule has 0 fully saturated rings. The predicted molar refractivity (Wildman–Crippen MR) is 49.8 cm³/mol. The first-order chi connectivity index (χ1) is 6.54. The fourth-order valence-electron chi connectivity index (χ4n) is 1.33. The first-order valence-corrected chi connectivity index (χ1v) is 4.36. The van der Waals surface area contributed by atoms with E-state index in [2.05, 4.69) is 4.74 Å². The molecule has 1 aromatic heterocycles. The molecule has 1 rings (SSSR count). The molecule has 1 atom stereocenters. The highest BCUT2D eigenvalue weighted by Crippen LogP contribution is 2.23. The van der Waals surface area contributed by atoms with Crippen molar-refractivity contribution in [3.63, 3.8) is 0 Å². The maximum absolute atomic E-state index is 10.9. The quantitative estimate of drug-likeness (QED) is 0.747. The standard InChI is InChI=1S/C10H14O4/c1-6-4-8(7(2)14-6)9(11)5-10(12)13-3/h4,9,11H,5H2,1-3H3/t9-/m0/s1. The van der Waals surface area contributed by atoms with Crippen molar-refractivity contribution in [2.24, 2.45) is 0 Å². The largest absolute Gasteiger partial charge is 0.469 e. The Hall–Kier alpha value is -1.29. The highest BCUT2D eigenvalue weighted by atomic mass is 16.5. The van der Waals surface area contributed by atoms with Crippen molar-refractivity contribution in [1.82, 2.24) is 0 Å². The second-order valence-electron chi connectivity index (χ2n) is 3.16. The van der Waals surface area contributed by atoms with Gasteiger partial charge < -0.3 is 14.3 Å². The lowest BCUT2D eigenvalue weighted by molar-refractivity contribution is -0.142. The number of hydrogen-bond acceptors (Lipinski definition) is 4. The van der Waals surface area contributed by atoms with E-state index in [1.165, 1.54) is 7.11 Å². The van der Waals surface area contributed by atoms with E-state index in [1.807, 2.05) is 0 Å². The van der Waals surface area contributed by atoms with Crippen LogP contribution in [0.5, 0.6) is 0 Å². The summed E-state index contributed by atoms with van der Waals surface area (Å²) in [5.41, 5.74) is 0.646. The summed E-state index contributed by atoms with van der Waals surface area (Å²) < 4.78 is 9.70. The third-order valence-corrected chi connectivity index (χ3v) is 2.03. The summed E-state index contributed by atoms with van der Waals surface area (Å²) in [6.45, 7) is 3.55. The molecule has 0 bridgehead atoms. The van der Waals surface area contributed by atoms with Gasteiger partial charge in [-0.2, -0.15) is 0 Å². The average molecular weight is 198 g/mol. The third-order valence-electron chi connectivity index (χ3n) is 2.03. The lowest BCUT2D eigenvalue weighted by Gasteiger charge is -2.07. The van der Waals surface area contributed by atoms with Gasteiger partial charge in [0.25, 0.3) is 0 Å². The smallest absolute Gasteiger partial charge is 0.308 e. The number of methoxy groups -OCH3 is 1. The van der Waals surface area contributed by atoms with E-state index in [9.17, 15) is 9.90 Å². The Morgan fingerprint density at radius 3 is 2.71 bits per heavy atom. The number of carbonyl (C=O) groups excluding carboxylic acids is 1. The van der Waals surface area contributed by atoms with Crippen LogP contribution in [-0.4, -0.2) is 18.2 Å². The van der Waals surface area contributed by atoms with Crippen molar-refractivity contribution < 1.29 is 19.1 Å². The van der Waals surface area contributed by atoms with Gasteiger partial charge >= 0.3 is 5.97 Å². The summed E-state index contributed by atoms with van der Waals surface area (Å²) in [7, 11) is 1.29. The van der Waals surface area contributed by atoms with E-state index in [1.54, 1.807) is 19.9 Å². The highest BCUT2D eigenvalue weighted by molar-refractivity contribution is 5.70. The predicted octanol–water partition coefficient (Wildman–Crippen LogP) is 1.49. The number of hydrogen-bond donors (Lipinski definition) is 1. The molecule has 0 saturated heterocycles. The summed E-state index contributed by atoms with van der Waals surface area (Å²) in [6.07, 6.45) is -0.893. The van der Waals surface area contributed by atoms with Crippen LogP contribution in [0.25, 0.3) is 0 Å². The van der Waals surface area contributed by atoms with E-state index in [-0.39, 0.29) is 6.42 Å². The molecular weight excluding hydrogens is 184 g/mol. The molecule has 0 radical (unpaired) electrons. The molecule has 1 N–H and O–H groups in total. The van der Waals surface area contributed by atoms with Crippen LogP contribution < -0.4 is 0 Å². The van der Waals surface area contributed by atoms with Crippen LogP contribution in [0.4, 0.5) is 0 Å². The van der Waals surface area contributed by atoms with Crippen LogP contribution >= 0.6 is 0 Å². The Kier molecular flexibility index (Phi) is 3.30. The summed E-state index contributed by atoms with van der Waals surface area (Å²) in [5.74, 6) is 0.927. The van der Waals surface area contributed by atoms with Crippen molar-refractivity contribution in [3.8, 4) is 0 Å². The second kappa shape index (κ2) is 4.28. The van der Waals surface area contributed by atoms with Gasteiger partial charge in [0, 0.05) is 5.56 Å². The Balaban J connectivity index is 2.73. The van der Waals surface area contributed by atoms with E-state index < -0.39 is 12.1 Å². The molecule has 0 aromatic carbocycles. The van der Waals surface area contributed by atoms with Crippen LogP contribution in [0.3, 0.4) is 0 Å². The van der Waals surface area contributed by atoms with Crippen LogP contribution in [-0.2, 0) is 9.53 Å². The minimum atomic E-state index is -0.847. The molecule has 4 nitrogen and oxygen atoms in total. The Bertz CT molecular complexity index is 327. The highest BCUT2D eigenvalue weighted by Gasteiger charge is 2.17. The van der Waals surface area contributed by atoms with Crippen LogP contribution in [0.2, 0.25) is 0 Å². The molecule has 4 heteroatoms. The lowest BCUT2D eigenvalue weighted by Crippen LogP contribution is -2.08. The number of aliphatic hydroxyl groups excluding tert-OH is 1. The van der Waals surface area contributed by atoms with Gasteiger partial charge in [-0.1, -0.05) is 0 Å². The number of carbonyl (C=O) groups is 1. The molecule has 0 aliphatic carbocycles. The average Bonchev–Trinajstić information content (AvgIpc) is 2.45. The van der Waals surface area contributed by atoms with Crippen molar-refractivity contribution >= 4 is 5.97 Å². The molecule has 0 aliphatic heterocycles. The maximum Gasteiger partial charge on any atom is 0.308 e. The van der Waals surface area contributed by atoms with Crippen LogP contribution in [0, 0.1) is 13.8 Å². The van der Waals surface area contributed by atoms with Gasteiger partial charge in [-0.15, -0.1) is 0 Å². The minimum Gasteiger partial charge on any atom is -0.469 e. The molecule has 0 spiro atoms. The van der Waals surface area contributed by atoms with Gasteiger partial charge in [-0.25, -0.2) is 0 Å². The first-order valence-electron chi connectivity index (χ1n) is 4.36. The third kappa shape index (κ3) is 2.35. The Morgan fingerprint density at radius 1 is 1.64 bits per heavy atom. The number of aryl methyl sites for hydroxylation is 2. The zero-order valence-corrected chi connectivity index (χ0v) is 8.53. The maximum atomic E-state index is 10.9. The molecule has 0 unspecified atom stereocenters. The molecule has 1 heterocycles. The number of furan rings is 1. The zero-order valence-electron chi connectivity index (χ0n) is 8.53. The second-order valence-corrected chi connectivity index (χ2v) is 3.16. The van der Waals surface area contributed by atoms with Gasteiger partial charge in [0.15, 0.2) is 0 Å². The molecule has 78 valence electrons. The van der Waals surface area contributed by atoms with Gasteiger partial charge in [-0.05, 0) is 19.9 Å². The van der Waals surface area contributed by atoms with Crippen LogP contribution in [0.15, 0.2) is 10.5 Å². The topological polar surface area (TPSA) is 59.7 Å². The molecule has 0 aliphatic rings. The summed E-state index contributed by atoms with van der Waals surface area (Å²) in [5, 5.41) is 9.66. The Morgan fingerprint density at radius 2 is 2.29 bits per heavy atom. The van der Waals surface area contributed by atoms with Crippen molar-refractivity contribution in [1.29, 1.82) is 0 Å². The number of esters is 1. The van der Waals surface area contributed by atoms with Crippen LogP contribution in [0.1, 0.15) is 29.6 Å². The van der Waals surface area contributed by atoms with E-state index in [0.717, 1.165) is 5.76 Å². The molecule has 0 saturated carbocycles.